The van der Waals surface area contributed by atoms with E-state index in [0.29, 0.717) is 97.2 Å². The van der Waals surface area contributed by atoms with Crippen molar-refractivity contribution in [3.8, 4) is 0 Å². The molecule has 0 saturated carbocycles. The highest BCUT2D eigenvalue weighted by atomic mass is 16.5. The number of carbonyl (C=O) groups excluding carboxylic acids is 4. The van der Waals surface area contributed by atoms with Crippen LogP contribution in [0.4, 0.5) is 0 Å². The molecule has 8 nitrogen and oxygen atoms in total. The zero-order valence-corrected chi connectivity index (χ0v) is 32.4. The van der Waals surface area contributed by atoms with Crippen molar-refractivity contribution in [2.75, 3.05) is 39.5 Å². The summed E-state index contributed by atoms with van der Waals surface area (Å²) in [5, 5.41) is 6.62. The molecule has 7 rings (SSSR count). The van der Waals surface area contributed by atoms with Gasteiger partial charge in [-0.05, 0) is 94.1 Å². The highest BCUT2D eigenvalue weighted by Crippen LogP contribution is 2.46. The number of imide groups is 2. The van der Waals surface area contributed by atoms with Crippen LogP contribution in [0.1, 0.15) is 133 Å². The Balaban J connectivity index is 1.13. The third kappa shape index (κ3) is 6.77. The van der Waals surface area contributed by atoms with Gasteiger partial charge in [0.2, 0.25) is 0 Å². The smallest absolute Gasteiger partial charge is 0.261 e. The minimum atomic E-state index is -0.287. The Bertz CT molecular complexity index is 1930. The van der Waals surface area contributed by atoms with Crippen LogP contribution in [0, 0.1) is 11.8 Å². The molecule has 2 heterocycles. The monoisotopic (exact) mass is 730 g/mol. The Hall–Kier alpha value is -4.40. The fourth-order valence-corrected chi connectivity index (χ4v) is 8.72. The van der Waals surface area contributed by atoms with Gasteiger partial charge in [-0.2, -0.15) is 0 Å². The van der Waals surface area contributed by atoms with Gasteiger partial charge in [0, 0.05) is 72.5 Å². The lowest BCUT2D eigenvalue weighted by atomic mass is 9.82. The molecule has 8 heteroatoms. The van der Waals surface area contributed by atoms with E-state index in [-0.39, 0.29) is 23.6 Å². The fraction of sp³-hybridized carbons (Fsp3) is 0.478. The zero-order valence-electron chi connectivity index (χ0n) is 32.4. The van der Waals surface area contributed by atoms with Gasteiger partial charge >= 0.3 is 0 Å². The van der Waals surface area contributed by atoms with Crippen molar-refractivity contribution in [2.24, 2.45) is 11.8 Å². The lowest BCUT2D eigenvalue weighted by Gasteiger charge is -2.30. The average Bonchev–Trinajstić information content (AvgIpc) is 3.19. The summed E-state index contributed by atoms with van der Waals surface area (Å²) in [5.74, 6) is -0.0717. The third-order valence-corrected chi connectivity index (χ3v) is 11.9. The molecule has 4 amide bonds. The summed E-state index contributed by atoms with van der Waals surface area (Å²) in [7, 11) is 0. The quantitative estimate of drug-likeness (QED) is 0.0343. The molecule has 0 saturated heterocycles. The molecule has 0 fully saturated rings. The maximum atomic E-state index is 13.9. The molecule has 2 atom stereocenters. The van der Waals surface area contributed by atoms with Crippen molar-refractivity contribution in [3.05, 3.63) is 70.8 Å². The molecule has 0 aliphatic carbocycles. The van der Waals surface area contributed by atoms with Gasteiger partial charge < -0.3 is 9.47 Å². The summed E-state index contributed by atoms with van der Waals surface area (Å²) in [4.78, 5) is 58.4. The molecule has 0 bridgehead atoms. The number of fused-ring (bicyclic) bond motifs is 2. The van der Waals surface area contributed by atoms with Crippen LogP contribution in [-0.4, -0.2) is 72.9 Å². The largest absolute Gasteiger partial charge is 0.381 e. The second kappa shape index (κ2) is 16.5. The number of benzene rings is 5. The first-order valence-corrected chi connectivity index (χ1v) is 20.4. The van der Waals surface area contributed by atoms with Crippen molar-refractivity contribution >= 4 is 66.7 Å². The molecule has 5 aromatic rings. The number of hydrogen-bond donors (Lipinski definition) is 0. The summed E-state index contributed by atoms with van der Waals surface area (Å²) in [5.41, 5.74) is 2.06. The Morgan fingerprint density at radius 3 is 1.09 bits per heavy atom. The van der Waals surface area contributed by atoms with E-state index in [1.807, 2.05) is 48.5 Å². The molecule has 2 aliphatic heterocycles. The van der Waals surface area contributed by atoms with Gasteiger partial charge in [0.1, 0.15) is 0 Å². The summed E-state index contributed by atoms with van der Waals surface area (Å²) < 4.78 is 12.0. The highest BCUT2D eigenvalue weighted by molar-refractivity contribution is 6.41. The second-order valence-corrected chi connectivity index (χ2v) is 15.4. The van der Waals surface area contributed by atoms with E-state index in [0.717, 1.165) is 58.0 Å². The van der Waals surface area contributed by atoms with E-state index in [9.17, 15) is 19.2 Å². The Labute approximate surface area is 318 Å². The molecule has 54 heavy (non-hydrogen) atoms. The van der Waals surface area contributed by atoms with E-state index in [2.05, 4.69) is 27.7 Å². The molecule has 2 aliphatic rings. The molecule has 2 unspecified atom stereocenters. The van der Waals surface area contributed by atoms with E-state index in [4.69, 9.17) is 9.47 Å². The number of carbonyl (C=O) groups is 4. The van der Waals surface area contributed by atoms with Gasteiger partial charge in [0.25, 0.3) is 23.6 Å². The number of nitrogens with zero attached hydrogens (tertiary/aromatic N) is 2. The normalized spacial score (nSPS) is 15.6. The van der Waals surface area contributed by atoms with E-state index < -0.39 is 0 Å². The summed E-state index contributed by atoms with van der Waals surface area (Å²) in [6, 6.07) is 15.1. The number of hydrogen-bond acceptors (Lipinski definition) is 6. The maximum Gasteiger partial charge on any atom is 0.261 e. The van der Waals surface area contributed by atoms with Crippen LogP contribution >= 0.6 is 0 Å². The maximum absolute atomic E-state index is 13.9. The van der Waals surface area contributed by atoms with Crippen molar-refractivity contribution in [2.45, 2.75) is 91.9 Å². The topological polar surface area (TPSA) is 93.2 Å². The van der Waals surface area contributed by atoms with E-state index in [1.54, 1.807) is 0 Å². The van der Waals surface area contributed by atoms with Crippen LogP contribution in [0.2, 0.25) is 0 Å². The summed E-state index contributed by atoms with van der Waals surface area (Å²) >= 11 is 0. The zero-order chi connectivity index (χ0) is 37.9. The van der Waals surface area contributed by atoms with Crippen molar-refractivity contribution in [3.63, 3.8) is 0 Å². The lowest BCUT2D eigenvalue weighted by molar-refractivity contribution is 0.0546. The standard InChI is InChI=1S/C46H54N2O6/c1-5-9-13-29(7-3)27-53-25-11-23-47-43(49)35-19-15-31-33-17-21-37-42-38(22-18-34(40(33)42)32-16-20-36(44(47)50)41(35)39(31)32)46(52)48(45(37)51)24-12-26-54-28-30(8-4)14-10-6-2/h15-22,29-30H,5-14,23-28H2,1-4H3. The number of ether oxygens (including phenoxy) is 2. The molecule has 0 spiro atoms. The van der Waals surface area contributed by atoms with Crippen molar-refractivity contribution in [1.82, 2.24) is 9.80 Å². The van der Waals surface area contributed by atoms with Gasteiger partial charge in [0.15, 0.2) is 0 Å². The Kier molecular flexibility index (Phi) is 11.6. The number of unbranched alkanes of at least 4 members (excludes halogenated alkanes) is 2. The van der Waals surface area contributed by atoms with E-state index in [1.165, 1.54) is 35.5 Å². The van der Waals surface area contributed by atoms with Crippen LogP contribution in [0.15, 0.2) is 48.5 Å². The van der Waals surface area contributed by atoms with Crippen LogP contribution in [0.5, 0.6) is 0 Å². The molecular weight excluding hydrogens is 677 g/mol. The SMILES string of the molecule is CCCCC(CC)COCCCN1C(=O)c2ccc3c4ccc5c6c(ccc(c7ccc(c2c37)C1=O)c64)C(=O)N(CCCOCC(CC)CCCC)C5=O. The molecule has 0 radical (unpaired) electrons. The van der Waals surface area contributed by atoms with E-state index >= 15 is 0 Å². The summed E-state index contributed by atoms with van der Waals surface area (Å²) in [6.07, 6.45) is 10.4. The molecule has 5 aromatic carbocycles. The van der Waals surface area contributed by atoms with Crippen molar-refractivity contribution in [1.29, 1.82) is 0 Å². The lowest BCUT2D eigenvalue weighted by Crippen LogP contribution is -2.41. The average molecular weight is 731 g/mol. The molecule has 0 aromatic heterocycles. The van der Waals surface area contributed by atoms with Gasteiger partial charge in [-0.1, -0.05) is 90.5 Å². The van der Waals surface area contributed by atoms with Crippen molar-refractivity contribution < 1.29 is 28.7 Å². The molecule has 284 valence electrons. The highest BCUT2D eigenvalue weighted by Gasteiger charge is 2.36. The number of rotatable bonds is 20. The minimum Gasteiger partial charge on any atom is -0.381 e. The predicted molar refractivity (Wildman–Crippen MR) is 216 cm³/mol. The van der Waals surface area contributed by atoms with Crippen LogP contribution in [-0.2, 0) is 9.47 Å². The first-order valence-electron chi connectivity index (χ1n) is 20.4. The Morgan fingerprint density at radius 2 is 0.796 bits per heavy atom. The molecular formula is C46H54N2O6. The van der Waals surface area contributed by atoms with Gasteiger partial charge in [0.05, 0.1) is 0 Å². The van der Waals surface area contributed by atoms with Crippen LogP contribution < -0.4 is 0 Å². The first-order chi connectivity index (χ1) is 26.3. The predicted octanol–water partition coefficient (Wildman–Crippen LogP) is 10.2. The molecule has 0 N–H and O–H groups in total. The van der Waals surface area contributed by atoms with Gasteiger partial charge in [-0.3, -0.25) is 29.0 Å². The van der Waals surface area contributed by atoms with Crippen LogP contribution in [0.3, 0.4) is 0 Å². The fourth-order valence-electron chi connectivity index (χ4n) is 8.72. The second-order valence-electron chi connectivity index (χ2n) is 15.4. The summed E-state index contributed by atoms with van der Waals surface area (Å²) in [6.45, 7) is 11.8. The van der Waals surface area contributed by atoms with Crippen LogP contribution in [0.25, 0.3) is 43.1 Å². The first kappa shape index (κ1) is 37.9. The number of amides is 4. The third-order valence-electron chi connectivity index (χ3n) is 11.9. The Morgan fingerprint density at radius 1 is 0.463 bits per heavy atom. The van der Waals surface area contributed by atoms with Gasteiger partial charge in [-0.15, -0.1) is 0 Å². The minimum absolute atomic E-state index is 0.287. The van der Waals surface area contributed by atoms with Gasteiger partial charge in [-0.25, -0.2) is 0 Å².